The van der Waals surface area contributed by atoms with E-state index >= 15 is 0 Å². The highest BCUT2D eigenvalue weighted by atomic mass is 79.9. The van der Waals surface area contributed by atoms with Crippen LogP contribution in [0.4, 0.5) is 4.39 Å². The van der Waals surface area contributed by atoms with Crippen molar-refractivity contribution < 1.29 is 4.39 Å². The number of pyridine rings is 1. The Hall–Kier alpha value is -2.60. The summed E-state index contributed by atoms with van der Waals surface area (Å²) < 4.78 is 17.4. The molecule has 0 amide bonds. The number of hydrogen-bond donors (Lipinski definition) is 0. The molecule has 0 unspecified atom stereocenters. The first-order valence-corrected chi connectivity index (χ1v) is 9.08. The minimum absolute atomic E-state index is 0.208. The molecular weight excluding hydrogens is 395 g/mol. The zero-order chi connectivity index (χ0) is 18.1. The third-order valence-corrected chi connectivity index (χ3v) is 4.94. The van der Waals surface area contributed by atoms with Gasteiger partial charge in [0.05, 0.1) is 11.9 Å². The molecule has 4 rings (SSSR count). The lowest BCUT2D eigenvalue weighted by atomic mass is 10.0. The van der Waals surface area contributed by atoms with Crippen LogP contribution in [0.3, 0.4) is 0 Å². The van der Waals surface area contributed by atoms with E-state index in [2.05, 4.69) is 30.9 Å². The predicted octanol–water partition coefficient (Wildman–Crippen LogP) is 4.79. The number of fused-ring (bicyclic) bond motifs is 1. The average Bonchev–Trinajstić information content (AvgIpc) is 3.02. The summed E-state index contributed by atoms with van der Waals surface area (Å²) in [5.41, 5.74) is 5.12. The van der Waals surface area contributed by atoms with Crippen molar-refractivity contribution in [2.24, 2.45) is 0 Å². The molecule has 0 aliphatic rings. The molecule has 0 aliphatic heterocycles. The van der Waals surface area contributed by atoms with Crippen LogP contribution in [0, 0.1) is 12.7 Å². The summed E-state index contributed by atoms with van der Waals surface area (Å²) in [6.45, 7) is 1.98. The van der Waals surface area contributed by atoms with E-state index in [0.29, 0.717) is 18.4 Å². The fourth-order valence-corrected chi connectivity index (χ4v) is 3.40. The molecule has 3 aromatic heterocycles. The molecule has 0 bridgehead atoms. The molecule has 0 aliphatic carbocycles. The van der Waals surface area contributed by atoms with Crippen LogP contribution < -0.4 is 0 Å². The van der Waals surface area contributed by atoms with Crippen molar-refractivity contribution in [1.29, 1.82) is 0 Å². The van der Waals surface area contributed by atoms with E-state index in [9.17, 15) is 4.39 Å². The first-order valence-electron chi connectivity index (χ1n) is 8.29. The van der Waals surface area contributed by atoms with Crippen molar-refractivity contribution in [3.63, 3.8) is 0 Å². The highest BCUT2D eigenvalue weighted by molar-refractivity contribution is 9.10. The van der Waals surface area contributed by atoms with Crippen LogP contribution in [0.1, 0.15) is 16.8 Å². The van der Waals surface area contributed by atoms with Crippen LogP contribution in [-0.2, 0) is 12.8 Å². The number of rotatable bonds is 4. The van der Waals surface area contributed by atoms with Gasteiger partial charge in [-0.25, -0.2) is 9.37 Å². The molecule has 0 saturated carbocycles. The summed E-state index contributed by atoms with van der Waals surface area (Å²) in [7, 11) is 0. The van der Waals surface area contributed by atoms with Crippen molar-refractivity contribution in [3.05, 3.63) is 82.5 Å². The fourth-order valence-electron chi connectivity index (χ4n) is 3.01. The van der Waals surface area contributed by atoms with Crippen LogP contribution >= 0.6 is 15.9 Å². The van der Waals surface area contributed by atoms with Gasteiger partial charge < -0.3 is 0 Å². The molecule has 4 aromatic rings. The normalized spacial score (nSPS) is 11.2. The van der Waals surface area contributed by atoms with E-state index < -0.39 is 0 Å². The topological polar surface area (TPSA) is 43.1 Å². The number of benzene rings is 1. The zero-order valence-corrected chi connectivity index (χ0v) is 15.7. The smallest absolute Gasteiger partial charge is 0.159 e. The summed E-state index contributed by atoms with van der Waals surface area (Å²) >= 11 is 3.45. The minimum atomic E-state index is -0.208. The van der Waals surface area contributed by atoms with Gasteiger partial charge in [-0.3, -0.25) is 14.4 Å². The third-order valence-electron chi connectivity index (χ3n) is 4.35. The maximum absolute atomic E-state index is 14.6. The highest BCUT2D eigenvalue weighted by Crippen LogP contribution is 2.23. The fraction of sp³-hybridized carbons (Fsp3) is 0.150. The maximum atomic E-state index is 14.6. The average molecular weight is 411 g/mol. The second-order valence-corrected chi connectivity index (χ2v) is 7.02. The van der Waals surface area contributed by atoms with Gasteiger partial charge >= 0.3 is 0 Å². The summed E-state index contributed by atoms with van der Waals surface area (Å²) in [4.78, 5) is 12.9. The zero-order valence-electron chi connectivity index (χ0n) is 14.2. The van der Waals surface area contributed by atoms with E-state index in [1.54, 1.807) is 30.9 Å². The lowest BCUT2D eigenvalue weighted by Gasteiger charge is -2.08. The Morgan fingerprint density at radius 2 is 1.92 bits per heavy atom. The van der Waals surface area contributed by atoms with Crippen molar-refractivity contribution in [2.75, 3.05) is 0 Å². The van der Waals surface area contributed by atoms with Gasteiger partial charge in [-0.15, -0.1) is 0 Å². The van der Waals surface area contributed by atoms with Gasteiger partial charge in [0.25, 0.3) is 0 Å². The Morgan fingerprint density at radius 1 is 1.04 bits per heavy atom. The number of imidazole rings is 1. The molecule has 0 N–H and O–H groups in total. The van der Waals surface area contributed by atoms with E-state index in [0.717, 1.165) is 32.6 Å². The lowest BCUT2D eigenvalue weighted by molar-refractivity contribution is 0.608. The Balaban J connectivity index is 1.57. The van der Waals surface area contributed by atoms with Crippen LogP contribution in [-0.4, -0.2) is 19.4 Å². The Morgan fingerprint density at radius 3 is 2.73 bits per heavy atom. The SMILES string of the molecule is Cc1cncc(-c2ccc(CCc3nccn4c(Br)cnc34)c(F)c2)c1. The first kappa shape index (κ1) is 16.8. The quantitative estimate of drug-likeness (QED) is 0.485. The van der Waals surface area contributed by atoms with Crippen LogP contribution in [0.5, 0.6) is 0 Å². The molecule has 3 heterocycles. The molecular formula is C20H16BrFN4. The molecule has 4 nitrogen and oxygen atoms in total. The van der Waals surface area contributed by atoms with E-state index in [1.807, 2.05) is 35.7 Å². The summed E-state index contributed by atoms with van der Waals surface area (Å²) in [6, 6.07) is 7.36. The molecule has 130 valence electrons. The molecule has 26 heavy (non-hydrogen) atoms. The number of nitrogens with zero attached hydrogens (tertiary/aromatic N) is 4. The standard InChI is InChI=1S/C20H16BrFN4/c1-13-8-16(11-23-10-13)15-3-2-14(17(22)9-15)4-5-18-20-25-12-19(21)26(20)7-6-24-18/h2-3,6-12H,4-5H2,1H3. The Kier molecular flexibility index (Phi) is 4.51. The number of aromatic nitrogens is 4. The summed E-state index contributed by atoms with van der Waals surface area (Å²) in [5.74, 6) is -0.208. The first-order chi connectivity index (χ1) is 12.6. The van der Waals surface area contributed by atoms with Gasteiger partial charge in [0.2, 0.25) is 0 Å². The second kappa shape index (κ2) is 6.96. The molecule has 0 saturated heterocycles. The van der Waals surface area contributed by atoms with Crippen LogP contribution in [0.2, 0.25) is 0 Å². The van der Waals surface area contributed by atoms with Gasteiger partial charge in [-0.1, -0.05) is 12.1 Å². The monoisotopic (exact) mass is 410 g/mol. The van der Waals surface area contributed by atoms with Gasteiger partial charge in [-0.05, 0) is 64.5 Å². The van der Waals surface area contributed by atoms with E-state index in [1.165, 1.54) is 0 Å². The Bertz CT molecular complexity index is 1090. The van der Waals surface area contributed by atoms with Gasteiger partial charge in [0.1, 0.15) is 10.4 Å². The Labute approximate surface area is 158 Å². The molecule has 0 atom stereocenters. The molecule has 6 heteroatoms. The van der Waals surface area contributed by atoms with Crippen LogP contribution in [0.15, 0.2) is 59.9 Å². The molecule has 0 radical (unpaired) electrons. The van der Waals surface area contributed by atoms with Crippen molar-refractivity contribution in [3.8, 4) is 11.1 Å². The van der Waals surface area contributed by atoms with Gasteiger partial charge in [0.15, 0.2) is 5.65 Å². The highest BCUT2D eigenvalue weighted by Gasteiger charge is 2.10. The second-order valence-electron chi connectivity index (χ2n) is 6.21. The van der Waals surface area contributed by atoms with Crippen molar-refractivity contribution in [1.82, 2.24) is 19.4 Å². The minimum Gasteiger partial charge on any atom is -0.291 e. The number of aryl methyl sites for hydroxylation is 3. The summed E-state index contributed by atoms with van der Waals surface area (Å²) in [6.07, 6.45) is 10.1. The number of hydrogen-bond acceptors (Lipinski definition) is 3. The largest absolute Gasteiger partial charge is 0.291 e. The van der Waals surface area contributed by atoms with E-state index in [4.69, 9.17) is 0 Å². The van der Waals surface area contributed by atoms with Crippen LogP contribution in [0.25, 0.3) is 16.8 Å². The number of halogens is 2. The van der Waals surface area contributed by atoms with E-state index in [-0.39, 0.29) is 5.82 Å². The van der Waals surface area contributed by atoms with Crippen molar-refractivity contribution in [2.45, 2.75) is 19.8 Å². The van der Waals surface area contributed by atoms with Crippen molar-refractivity contribution >= 4 is 21.6 Å². The lowest BCUT2D eigenvalue weighted by Crippen LogP contribution is -2.01. The van der Waals surface area contributed by atoms with Gasteiger partial charge in [0, 0.05) is 30.4 Å². The maximum Gasteiger partial charge on any atom is 0.159 e. The molecule has 1 aromatic carbocycles. The van der Waals surface area contributed by atoms with Gasteiger partial charge in [-0.2, -0.15) is 0 Å². The summed E-state index contributed by atoms with van der Waals surface area (Å²) in [5, 5.41) is 0. The molecule has 0 spiro atoms. The third kappa shape index (κ3) is 3.24. The predicted molar refractivity (Wildman–Crippen MR) is 102 cm³/mol. The molecule has 0 fully saturated rings.